The van der Waals surface area contributed by atoms with Crippen LogP contribution in [-0.2, 0) is 10.0 Å². The first-order chi connectivity index (χ1) is 13.8. The first kappa shape index (κ1) is 20.6. The van der Waals surface area contributed by atoms with Crippen molar-refractivity contribution in [3.8, 4) is 17.6 Å². The van der Waals surface area contributed by atoms with Gasteiger partial charge in [0.2, 0.25) is 10.0 Å². The van der Waals surface area contributed by atoms with Crippen LogP contribution in [0.25, 0.3) is 0 Å². The zero-order valence-electron chi connectivity index (χ0n) is 16.0. The number of rotatable bonds is 5. The summed E-state index contributed by atoms with van der Waals surface area (Å²) in [6.45, 7) is 0.360. The van der Waals surface area contributed by atoms with E-state index in [4.69, 9.17) is 20.5 Å². The number of methoxy groups -OCH3 is 2. The third-order valence-electron chi connectivity index (χ3n) is 4.93. The molecule has 154 valence electrons. The molecule has 0 bridgehead atoms. The summed E-state index contributed by atoms with van der Waals surface area (Å²) in [7, 11) is -0.839. The highest BCUT2D eigenvalue weighted by molar-refractivity contribution is 7.89. The van der Waals surface area contributed by atoms with Gasteiger partial charge in [-0.05, 0) is 25.0 Å². The maximum absolute atomic E-state index is 13.0. The maximum Gasteiger partial charge on any atom is 0.251 e. The van der Waals surface area contributed by atoms with Crippen molar-refractivity contribution in [1.29, 1.82) is 5.26 Å². The lowest BCUT2D eigenvalue weighted by atomic mass is 9.97. The van der Waals surface area contributed by atoms with Crippen molar-refractivity contribution < 1.29 is 22.7 Å². The van der Waals surface area contributed by atoms with E-state index in [1.165, 1.54) is 42.9 Å². The molecule has 1 saturated heterocycles. The molecule has 10 nitrogen and oxygen atoms in total. The average molecular weight is 419 g/mol. The minimum atomic E-state index is -3.75. The number of aromatic nitrogens is 2. The van der Waals surface area contributed by atoms with Gasteiger partial charge in [-0.2, -0.15) is 19.3 Å². The smallest absolute Gasteiger partial charge is 0.251 e. The van der Waals surface area contributed by atoms with Crippen LogP contribution in [0, 0.1) is 17.2 Å². The predicted molar refractivity (Wildman–Crippen MR) is 103 cm³/mol. The zero-order valence-corrected chi connectivity index (χ0v) is 16.8. The molecule has 0 amide bonds. The number of piperidine rings is 1. The van der Waals surface area contributed by atoms with Crippen molar-refractivity contribution in [3.63, 3.8) is 0 Å². The summed E-state index contributed by atoms with van der Waals surface area (Å²) >= 11 is 0. The zero-order chi connectivity index (χ0) is 21.2. The van der Waals surface area contributed by atoms with Gasteiger partial charge in [0.25, 0.3) is 5.91 Å². The Morgan fingerprint density at radius 3 is 2.45 bits per heavy atom. The van der Waals surface area contributed by atoms with Gasteiger partial charge in [-0.15, -0.1) is 0 Å². The summed E-state index contributed by atoms with van der Waals surface area (Å²) in [6, 6.07) is 6.28. The number of hydrogen-bond donors (Lipinski definition) is 1. The number of anilines is 1. The third kappa shape index (κ3) is 3.76. The van der Waals surface area contributed by atoms with Gasteiger partial charge in [0.1, 0.15) is 17.5 Å². The van der Waals surface area contributed by atoms with E-state index in [-0.39, 0.29) is 35.3 Å². The fourth-order valence-electron chi connectivity index (χ4n) is 3.26. The van der Waals surface area contributed by atoms with Crippen LogP contribution in [0.15, 0.2) is 29.3 Å². The first-order valence-electron chi connectivity index (χ1n) is 8.83. The molecule has 0 atom stereocenters. The van der Waals surface area contributed by atoms with Crippen LogP contribution in [0.1, 0.15) is 23.2 Å². The van der Waals surface area contributed by atoms with E-state index in [9.17, 15) is 13.2 Å². The summed E-state index contributed by atoms with van der Waals surface area (Å²) < 4.78 is 38.6. The van der Waals surface area contributed by atoms with Gasteiger partial charge >= 0.3 is 0 Å². The molecular weight excluding hydrogens is 398 g/mol. The molecule has 1 aliphatic heterocycles. The molecule has 2 heterocycles. The molecule has 2 aromatic rings. The van der Waals surface area contributed by atoms with Gasteiger partial charge in [0, 0.05) is 25.1 Å². The molecule has 0 aliphatic carbocycles. The average Bonchev–Trinajstić information content (AvgIpc) is 3.13. The summed E-state index contributed by atoms with van der Waals surface area (Å²) in [5.41, 5.74) is 5.91. The fourth-order valence-corrected chi connectivity index (χ4v) is 4.75. The Morgan fingerprint density at radius 1 is 1.24 bits per heavy atom. The number of carbonyl (C=O) groups is 1. The van der Waals surface area contributed by atoms with E-state index in [0.29, 0.717) is 24.3 Å². The summed E-state index contributed by atoms with van der Waals surface area (Å²) in [4.78, 5) is 12.7. The number of nitrogens with zero attached hydrogens (tertiary/aromatic N) is 4. The van der Waals surface area contributed by atoms with Crippen LogP contribution in [0.2, 0.25) is 0 Å². The van der Waals surface area contributed by atoms with E-state index in [2.05, 4.69) is 5.10 Å². The molecule has 0 unspecified atom stereocenters. The van der Waals surface area contributed by atoms with Gasteiger partial charge in [0.05, 0.1) is 25.3 Å². The predicted octanol–water partition coefficient (Wildman–Crippen LogP) is 1.10. The number of hydrogen-bond acceptors (Lipinski definition) is 8. The number of nitriles is 1. The van der Waals surface area contributed by atoms with E-state index in [0.717, 1.165) is 4.68 Å². The Morgan fingerprint density at radius 2 is 1.90 bits per heavy atom. The number of benzene rings is 1. The lowest BCUT2D eigenvalue weighted by Crippen LogP contribution is -2.41. The van der Waals surface area contributed by atoms with Crippen molar-refractivity contribution in [3.05, 3.63) is 30.0 Å². The highest BCUT2D eigenvalue weighted by Crippen LogP contribution is 2.32. The number of carbonyl (C=O) groups excluding carboxylic acids is 1. The first-order valence-corrected chi connectivity index (χ1v) is 10.3. The van der Waals surface area contributed by atoms with Gasteiger partial charge in [0.15, 0.2) is 11.5 Å². The van der Waals surface area contributed by atoms with Crippen molar-refractivity contribution in [1.82, 2.24) is 14.1 Å². The van der Waals surface area contributed by atoms with Gasteiger partial charge in [-0.1, -0.05) is 0 Å². The Balaban J connectivity index is 1.73. The van der Waals surface area contributed by atoms with Crippen molar-refractivity contribution in [2.75, 3.05) is 33.0 Å². The van der Waals surface area contributed by atoms with E-state index in [1.54, 1.807) is 0 Å². The minimum absolute atomic E-state index is 0.00196. The Labute approximate surface area is 168 Å². The maximum atomic E-state index is 13.0. The highest BCUT2D eigenvalue weighted by atomic mass is 32.2. The van der Waals surface area contributed by atoms with E-state index < -0.39 is 15.9 Å². The van der Waals surface area contributed by atoms with Gasteiger partial charge in [-0.3, -0.25) is 4.79 Å². The normalized spacial score (nSPS) is 15.6. The van der Waals surface area contributed by atoms with E-state index in [1.807, 2.05) is 6.07 Å². The molecular formula is C18H21N5O5S. The fraction of sp³-hybridized carbons (Fsp3) is 0.389. The summed E-state index contributed by atoms with van der Waals surface area (Å²) in [5.74, 6) is -0.0176. The molecule has 1 aromatic heterocycles. The number of nitrogen functional groups attached to an aromatic ring is 1. The molecule has 11 heteroatoms. The van der Waals surface area contributed by atoms with E-state index >= 15 is 0 Å². The van der Waals surface area contributed by atoms with Crippen LogP contribution < -0.4 is 15.2 Å². The highest BCUT2D eigenvalue weighted by Gasteiger charge is 2.34. The Bertz CT molecular complexity index is 1060. The number of sulfonamides is 1. The molecule has 2 N–H and O–H groups in total. The van der Waals surface area contributed by atoms with Crippen molar-refractivity contribution >= 4 is 21.7 Å². The SMILES string of the molecule is COc1ccc(S(=O)(=O)N2CCC(C(=O)n3ncc(C#N)c3N)CC2)cc1OC. The van der Waals surface area contributed by atoms with Crippen LogP contribution in [0.5, 0.6) is 11.5 Å². The lowest BCUT2D eigenvalue weighted by Gasteiger charge is -2.30. The Kier molecular flexibility index (Phi) is 5.76. The van der Waals surface area contributed by atoms with Crippen LogP contribution >= 0.6 is 0 Å². The molecule has 1 fully saturated rings. The largest absolute Gasteiger partial charge is 0.493 e. The van der Waals surface area contributed by atoms with Crippen LogP contribution in [0.3, 0.4) is 0 Å². The molecule has 1 aromatic carbocycles. The molecule has 3 rings (SSSR count). The Hall–Kier alpha value is -3.10. The lowest BCUT2D eigenvalue weighted by molar-refractivity contribution is 0.0773. The van der Waals surface area contributed by atoms with Gasteiger partial charge in [-0.25, -0.2) is 8.42 Å². The molecule has 1 aliphatic rings. The number of ether oxygens (including phenoxy) is 2. The molecule has 29 heavy (non-hydrogen) atoms. The van der Waals surface area contributed by atoms with Crippen LogP contribution in [-0.4, -0.2) is 55.7 Å². The monoisotopic (exact) mass is 419 g/mol. The molecule has 0 radical (unpaired) electrons. The molecule has 0 saturated carbocycles. The minimum Gasteiger partial charge on any atom is -0.493 e. The second-order valence-corrected chi connectivity index (χ2v) is 8.44. The topological polar surface area (TPSA) is 141 Å². The van der Waals surface area contributed by atoms with Crippen LogP contribution in [0.4, 0.5) is 5.82 Å². The van der Waals surface area contributed by atoms with Crippen molar-refractivity contribution in [2.45, 2.75) is 17.7 Å². The number of nitrogens with two attached hydrogens (primary N) is 1. The third-order valence-corrected chi connectivity index (χ3v) is 6.83. The standard InChI is InChI=1S/C18H21N5O5S/c1-27-15-4-3-14(9-16(15)28-2)29(25,26)22-7-5-12(6-8-22)18(24)23-17(20)13(10-19)11-21-23/h3-4,9,11-12H,5-8,20H2,1-2H3. The quantitative estimate of drug-likeness (QED) is 0.759. The van der Waals surface area contributed by atoms with Gasteiger partial charge < -0.3 is 15.2 Å². The van der Waals surface area contributed by atoms with Crippen molar-refractivity contribution in [2.24, 2.45) is 5.92 Å². The summed E-state index contributed by atoms with van der Waals surface area (Å²) in [5, 5.41) is 12.8. The second kappa shape index (κ2) is 8.10. The molecule has 0 spiro atoms. The summed E-state index contributed by atoms with van der Waals surface area (Å²) in [6.07, 6.45) is 1.89. The second-order valence-electron chi connectivity index (χ2n) is 6.50.